The Balaban J connectivity index is 2.77. The lowest BCUT2D eigenvalue weighted by Gasteiger charge is -2.32. The van der Waals surface area contributed by atoms with E-state index in [1.54, 1.807) is 0 Å². The van der Waals surface area contributed by atoms with Crippen LogP contribution in [0.5, 0.6) is 0 Å². The maximum atomic E-state index is 12.8. The number of esters is 6. The second kappa shape index (κ2) is 19.1. The highest BCUT2D eigenvalue weighted by Crippen LogP contribution is 2.32. The molecule has 0 radical (unpaired) electrons. The molecule has 1 aliphatic carbocycles. The Labute approximate surface area is 255 Å². The van der Waals surface area contributed by atoms with Crippen LogP contribution in [0.15, 0.2) is 50.6 Å². The Hall–Kier alpha value is -4.30. The number of aliphatic hydroxyl groups excluding tert-OH is 2. The van der Waals surface area contributed by atoms with Crippen molar-refractivity contribution in [2.45, 2.75) is 25.7 Å². The zero-order valence-electron chi connectivity index (χ0n) is 24.6. The van der Waals surface area contributed by atoms with Gasteiger partial charge in [-0.3, -0.25) is 9.59 Å². The number of hydrogen-bond acceptors (Lipinski definition) is 14. The second-order valence-corrected chi connectivity index (χ2v) is 10.3. The Morgan fingerprint density at radius 3 is 0.932 bits per heavy atom. The van der Waals surface area contributed by atoms with Crippen molar-refractivity contribution in [3.8, 4) is 0 Å². The maximum Gasteiger partial charge on any atom is 0.330 e. The van der Waals surface area contributed by atoms with E-state index >= 15 is 0 Å². The molecule has 0 aromatic rings. The molecule has 0 aromatic heterocycles. The summed E-state index contributed by atoms with van der Waals surface area (Å²) in [6.07, 6.45) is 4.69. The zero-order chi connectivity index (χ0) is 33.2. The molecular weight excluding hydrogens is 584 g/mol. The molecule has 44 heavy (non-hydrogen) atoms. The van der Waals surface area contributed by atoms with Crippen molar-refractivity contribution in [3.63, 3.8) is 0 Å². The van der Waals surface area contributed by atoms with Crippen LogP contribution in [0.4, 0.5) is 0 Å². The summed E-state index contributed by atoms with van der Waals surface area (Å²) < 4.78 is 30.8. The van der Waals surface area contributed by atoms with Crippen LogP contribution in [0, 0.1) is 22.7 Å². The first kappa shape index (κ1) is 37.7. The lowest BCUT2D eigenvalue weighted by atomic mass is 9.82. The molecule has 0 bridgehead atoms. The average molecular weight is 625 g/mol. The molecule has 14 nitrogen and oxygen atoms in total. The highest BCUT2D eigenvalue weighted by molar-refractivity contribution is 5.82. The molecule has 0 amide bonds. The second-order valence-electron chi connectivity index (χ2n) is 10.3. The van der Waals surface area contributed by atoms with Gasteiger partial charge in [-0.25, -0.2) is 19.2 Å². The first-order chi connectivity index (χ1) is 20.9. The van der Waals surface area contributed by atoms with Crippen molar-refractivity contribution >= 4 is 35.8 Å². The van der Waals surface area contributed by atoms with Crippen LogP contribution in [0.3, 0.4) is 0 Å². The first-order valence-corrected chi connectivity index (χ1v) is 13.6. The fourth-order valence-electron chi connectivity index (χ4n) is 3.91. The van der Waals surface area contributed by atoms with Gasteiger partial charge in [0.25, 0.3) is 0 Å². The van der Waals surface area contributed by atoms with Crippen LogP contribution < -0.4 is 0 Å². The summed E-state index contributed by atoms with van der Waals surface area (Å²) in [4.78, 5) is 71.9. The summed E-state index contributed by atoms with van der Waals surface area (Å²) in [6, 6.07) is 0. The predicted molar refractivity (Wildman–Crippen MR) is 151 cm³/mol. The van der Waals surface area contributed by atoms with Crippen molar-refractivity contribution in [2.75, 3.05) is 52.9 Å². The lowest BCUT2D eigenvalue weighted by Crippen LogP contribution is -2.43. The van der Waals surface area contributed by atoms with E-state index < -0.39 is 111 Å². The third-order valence-electron chi connectivity index (χ3n) is 6.86. The van der Waals surface area contributed by atoms with Crippen LogP contribution in [0.2, 0.25) is 0 Å². The molecule has 0 spiro atoms. The molecule has 14 heteroatoms. The topological polar surface area (TPSA) is 198 Å². The molecule has 1 saturated carbocycles. The summed E-state index contributed by atoms with van der Waals surface area (Å²) in [5.41, 5.74) is -2.87. The van der Waals surface area contributed by atoms with Gasteiger partial charge in [-0.1, -0.05) is 26.3 Å². The molecule has 244 valence electrons. The average Bonchev–Trinajstić information content (AvgIpc) is 3.06. The van der Waals surface area contributed by atoms with Gasteiger partial charge in [0, 0.05) is 24.3 Å². The first-order valence-electron chi connectivity index (χ1n) is 13.6. The largest absolute Gasteiger partial charge is 0.465 e. The summed E-state index contributed by atoms with van der Waals surface area (Å²) in [5.74, 6) is -5.57. The molecule has 2 N–H and O–H groups in total. The SMILES string of the molecule is C=CC(=O)OCC(CO)(COC(=O)C=C)COC(=O)C1CCC(C(=O)OCC(CO)(COC(=O)C=C)COC(=O)C=C)CC1. The Morgan fingerprint density at radius 1 is 0.500 bits per heavy atom. The molecule has 0 heterocycles. The Morgan fingerprint density at radius 2 is 0.727 bits per heavy atom. The molecule has 0 unspecified atom stereocenters. The van der Waals surface area contributed by atoms with Gasteiger partial charge < -0.3 is 38.6 Å². The van der Waals surface area contributed by atoms with Crippen molar-refractivity contribution in [1.82, 2.24) is 0 Å². The quantitative estimate of drug-likeness (QED) is 0.109. The Bertz CT molecular complexity index is 938. The van der Waals surface area contributed by atoms with Gasteiger partial charge in [-0.2, -0.15) is 0 Å². The third-order valence-corrected chi connectivity index (χ3v) is 6.86. The van der Waals surface area contributed by atoms with Gasteiger partial charge >= 0.3 is 35.8 Å². The van der Waals surface area contributed by atoms with E-state index in [2.05, 4.69) is 26.3 Å². The number of carbonyl (C=O) groups excluding carboxylic acids is 6. The van der Waals surface area contributed by atoms with E-state index in [1.807, 2.05) is 0 Å². The van der Waals surface area contributed by atoms with E-state index in [1.165, 1.54) is 0 Å². The smallest absolute Gasteiger partial charge is 0.330 e. The van der Waals surface area contributed by atoms with Gasteiger partial charge in [-0.05, 0) is 25.7 Å². The van der Waals surface area contributed by atoms with Gasteiger partial charge in [0.1, 0.15) is 39.6 Å². The number of rotatable bonds is 20. The number of ether oxygens (including phenoxy) is 6. The van der Waals surface area contributed by atoms with Crippen molar-refractivity contribution in [3.05, 3.63) is 50.6 Å². The van der Waals surface area contributed by atoms with E-state index in [9.17, 15) is 39.0 Å². The monoisotopic (exact) mass is 624 g/mol. The minimum absolute atomic E-state index is 0.265. The Kier molecular flexibility index (Phi) is 16.4. The molecule has 0 aliphatic heterocycles. The van der Waals surface area contributed by atoms with Crippen molar-refractivity contribution in [2.24, 2.45) is 22.7 Å². The van der Waals surface area contributed by atoms with Crippen LogP contribution in [-0.2, 0) is 57.2 Å². The standard InChI is InChI=1S/C30H40O14/c1-5-23(33)39-15-29(13-31,16-40-24(34)6-2)19-43-27(37)21-9-11-22(12-10-21)28(38)44-20-30(14-32,17-41-25(35)7-3)18-42-26(36)8-4/h5-8,21-22,31-32H,1-4,9-20H2. The van der Waals surface area contributed by atoms with Gasteiger partial charge in [0.05, 0.1) is 35.9 Å². The van der Waals surface area contributed by atoms with E-state index in [-0.39, 0.29) is 25.7 Å². The fraction of sp³-hybridized carbons (Fsp3) is 0.533. The molecule has 0 atom stereocenters. The number of carbonyl (C=O) groups is 6. The number of hydrogen-bond donors (Lipinski definition) is 2. The highest BCUT2D eigenvalue weighted by Gasteiger charge is 2.39. The summed E-state index contributed by atoms with van der Waals surface area (Å²) >= 11 is 0. The molecule has 1 rings (SSSR count). The van der Waals surface area contributed by atoms with Gasteiger partial charge in [0.15, 0.2) is 0 Å². The predicted octanol–water partition coefficient (Wildman–Crippen LogP) is 0.753. The van der Waals surface area contributed by atoms with Crippen LogP contribution >= 0.6 is 0 Å². The minimum Gasteiger partial charge on any atom is -0.465 e. The zero-order valence-corrected chi connectivity index (χ0v) is 24.6. The summed E-state index contributed by atoms with van der Waals surface area (Å²) in [7, 11) is 0. The van der Waals surface area contributed by atoms with Crippen molar-refractivity contribution in [1.29, 1.82) is 0 Å². The van der Waals surface area contributed by atoms with Crippen LogP contribution in [0.1, 0.15) is 25.7 Å². The van der Waals surface area contributed by atoms with Gasteiger partial charge in [0.2, 0.25) is 0 Å². The van der Waals surface area contributed by atoms with Crippen LogP contribution in [0.25, 0.3) is 0 Å². The fourth-order valence-corrected chi connectivity index (χ4v) is 3.91. The van der Waals surface area contributed by atoms with E-state index in [0.717, 1.165) is 24.3 Å². The summed E-state index contributed by atoms with van der Waals surface area (Å²) in [6.45, 7) is 9.24. The molecule has 0 aromatic carbocycles. The molecular formula is C30H40O14. The number of aliphatic hydroxyl groups is 2. The van der Waals surface area contributed by atoms with Crippen molar-refractivity contribution < 1.29 is 67.4 Å². The maximum absolute atomic E-state index is 12.8. The highest BCUT2D eigenvalue weighted by atomic mass is 16.6. The van der Waals surface area contributed by atoms with E-state index in [4.69, 9.17) is 28.4 Å². The van der Waals surface area contributed by atoms with Gasteiger partial charge in [-0.15, -0.1) is 0 Å². The molecule has 0 saturated heterocycles. The molecule has 1 aliphatic rings. The van der Waals surface area contributed by atoms with Crippen LogP contribution in [-0.4, -0.2) is 98.9 Å². The minimum atomic E-state index is -1.44. The normalized spacial score (nSPS) is 16.3. The lowest BCUT2D eigenvalue weighted by molar-refractivity contribution is -0.170. The summed E-state index contributed by atoms with van der Waals surface area (Å²) in [5, 5.41) is 20.0. The van der Waals surface area contributed by atoms with E-state index in [0.29, 0.717) is 0 Å². The third kappa shape index (κ3) is 12.5. The molecule has 1 fully saturated rings.